The fourth-order valence-electron chi connectivity index (χ4n) is 1.44. The van der Waals surface area contributed by atoms with Gasteiger partial charge in [-0.2, -0.15) is 0 Å². The van der Waals surface area contributed by atoms with Crippen LogP contribution in [0.1, 0.15) is 19.8 Å². The topological polar surface area (TPSA) is 80.3 Å². The van der Waals surface area contributed by atoms with Gasteiger partial charge in [0.2, 0.25) is 11.8 Å². The average molecular weight is 219 g/mol. The summed E-state index contributed by atoms with van der Waals surface area (Å²) in [6.45, 7) is 1.76. The molecular weight excluding hydrogens is 206 g/mol. The third-order valence-corrected chi connectivity index (χ3v) is 3.98. The van der Waals surface area contributed by atoms with Crippen LogP contribution in [0.4, 0.5) is 0 Å². The Morgan fingerprint density at radius 3 is 2.50 bits per heavy atom. The summed E-state index contributed by atoms with van der Waals surface area (Å²) < 4.78 is 22.7. The average Bonchev–Trinajstić information content (AvgIpc) is 2.28. The van der Waals surface area contributed by atoms with E-state index in [1.807, 2.05) is 0 Å². The van der Waals surface area contributed by atoms with Crippen LogP contribution >= 0.6 is 0 Å². The maximum absolute atomic E-state index is 11.3. The number of carbonyl (C=O) groups excluding carboxylic acids is 2. The number of hydrogen-bond donors (Lipinski definition) is 1. The molecule has 2 amide bonds. The van der Waals surface area contributed by atoms with Gasteiger partial charge in [-0.25, -0.2) is 8.42 Å². The fraction of sp³-hybridized carbons (Fsp3) is 0.750. The Morgan fingerprint density at radius 2 is 2.07 bits per heavy atom. The van der Waals surface area contributed by atoms with E-state index in [0.717, 1.165) is 0 Å². The van der Waals surface area contributed by atoms with Crippen LogP contribution in [0.5, 0.6) is 0 Å². The van der Waals surface area contributed by atoms with Gasteiger partial charge in [-0.05, 0) is 6.42 Å². The van der Waals surface area contributed by atoms with Gasteiger partial charge in [0.25, 0.3) is 0 Å². The molecule has 0 aromatic carbocycles. The van der Waals surface area contributed by atoms with E-state index < -0.39 is 21.7 Å². The molecule has 1 unspecified atom stereocenters. The van der Waals surface area contributed by atoms with Crippen LogP contribution in [-0.2, 0) is 19.4 Å². The van der Waals surface area contributed by atoms with E-state index in [0.29, 0.717) is 6.42 Å². The summed E-state index contributed by atoms with van der Waals surface area (Å²) in [6.07, 6.45) is 0.534. The van der Waals surface area contributed by atoms with Gasteiger partial charge in [-0.3, -0.25) is 14.9 Å². The highest BCUT2D eigenvalue weighted by Gasteiger charge is 2.33. The Labute approximate surface area is 82.8 Å². The maximum atomic E-state index is 11.3. The maximum Gasteiger partial charge on any atom is 0.231 e. The van der Waals surface area contributed by atoms with Crippen LogP contribution < -0.4 is 5.32 Å². The largest absolute Gasteiger partial charge is 0.296 e. The number of rotatable bonds is 4. The molecule has 1 rings (SSSR count). The number of imide groups is 1. The van der Waals surface area contributed by atoms with Crippen LogP contribution in [-0.4, -0.2) is 31.7 Å². The van der Waals surface area contributed by atoms with Gasteiger partial charge in [0.05, 0.1) is 11.7 Å². The van der Waals surface area contributed by atoms with Crippen molar-refractivity contribution in [2.45, 2.75) is 19.8 Å². The molecule has 1 heterocycles. The molecule has 0 aliphatic carbocycles. The van der Waals surface area contributed by atoms with Crippen molar-refractivity contribution >= 4 is 21.7 Å². The third kappa shape index (κ3) is 2.80. The van der Waals surface area contributed by atoms with Crippen molar-refractivity contribution in [2.75, 3.05) is 11.5 Å². The Morgan fingerprint density at radius 1 is 1.43 bits per heavy atom. The van der Waals surface area contributed by atoms with Crippen molar-refractivity contribution in [1.29, 1.82) is 0 Å². The molecule has 5 nitrogen and oxygen atoms in total. The van der Waals surface area contributed by atoms with Crippen molar-refractivity contribution in [3.8, 4) is 0 Å². The van der Waals surface area contributed by atoms with Gasteiger partial charge in [-0.15, -0.1) is 0 Å². The minimum atomic E-state index is -3.18. The Bertz CT molecular complexity index is 346. The third-order valence-electron chi connectivity index (χ3n) is 2.04. The summed E-state index contributed by atoms with van der Waals surface area (Å²) in [7, 11) is -3.18. The first-order valence-electron chi connectivity index (χ1n) is 4.48. The molecular formula is C8H13NO4S. The van der Waals surface area contributed by atoms with E-state index in [1.165, 1.54) is 0 Å². The number of carbonyl (C=O) groups is 2. The number of sulfone groups is 1. The number of hydrogen-bond acceptors (Lipinski definition) is 4. The first-order valence-corrected chi connectivity index (χ1v) is 6.31. The van der Waals surface area contributed by atoms with Gasteiger partial charge in [0.15, 0.2) is 9.84 Å². The predicted octanol–water partition coefficient (Wildman–Crippen LogP) is -0.526. The molecule has 0 spiro atoms. The van der Waals surface area contributed by atoms with E-state index in [1.54, 1.807) is 6.92 Å². The van der Waals surface area contributed by atoms with Crippen LogP contribution in [0.2, 0.25) is 0 Å². The molecule has 0 radical (unpaired) electrons. The SMILES string of the molecule is CCCS(=O)(=O)CC1CC(=O)NC1=O. The van der Waals surface area contributed by atoms with E-state index in [4.69, 9.17) is 0 Å². The standard InChI is InChI=1S/C8H13NO4S/c1-2-3-14(12,13)5-6-4-7(10)9-8(6)11/h6H,2-5H2,1H3,(H,9,10,11). The van der Waals surface area contributed by atoms with Crippen LogP contribution in [0.25, 0.3) is 0 Å². The van der Waals surface area contributed by atoms with E-state index in [2.05, 4.69) is 5.32 Å². The van der Waals surface area contributed by atoms with E-state index in [-0.39, 0.29) is 23.8 Å². The second-order valence-corrected chi connectivity index (χ2v) is 5.66. The molecule has 0 aromatic rings. The molecule has 0 aromatic heterocycles. The van der Waals surface area contributed by atoms with Gasteiger partial charge >= 0.3 is 0 Å². The van der Waals surface area contributed by atoms with Crippen molar-refractivity contribution in [1.82, 2.24) is 5.32 Å². The second kappa shape index (κ2) is 4.08. The highest BCUT2D eigenvalue weighted by Crippen LogP contribution is 2.14. The van der Waals surface area contributed by atoms with E-state index >= 15 is 0 Å². The molecule has 6 heteroatoms. The first-order chi connectivity index (χ1) is 6.44. The smallest absolute Gasteiger partial charge is 0.231 e. The Kier molecular flexibility index (Phi) is 3.25. The summed E-state index contributed by atoms with van der Waals surface area (Å²) in [6, 6.07) is 0. The van der Waals surface area contributed by atoms with Gasteiger partial charge in [0.1, 0.15) is 0 Å². The predicted molar refractivity (Wildman–Crippen MR) is 50.2 cm³/mol. The van der Waals surface area contributed by atoms with Gasteiger partial charge in [-0.1, -0.05) is 6.92 Å². The molecule has 14 heavy (non-hydrogen) atoms. The lowest BCUT2D eigenvalue weighted by atomic mass is 10.1. The summed E-state index contributed by atoms with van der Waals surface area (Å²) in [4.78, 5) is 21.9. The van der Waals surface area contributed by atoms with Crippen molar-refractivity contribution in [3.63, 3.8) is 0 Å². The quantitative estimate of drug-likeness (QED) is 0.645. The zero-order chi connectivity index (χ0) is 10.8. The molecule has 1 fully saturated rings. The number of nitrogens with one attached hydrogen (secondary N) is 1. The lowest BCUT2D eigenvalue weighted by Crippen LogP contribution is -2.26. The van der Waals surface area contributed by atoms with Crippen LogP contribution in [0, 0.1) is 5.92 Å². The second-order valence-electron chi connectivity index (χ2n) is 3.43. The summed E-state index contributed by atoms with van der Waals surface area (Å²) in [5.41, 5.74) is 0. The van der Waals surface area contributed by atoms with E-state index in [9.17, 15) is 18.0 Å². The normalized spacial score (nSPS) is 22.5. The highest BCUT2D eigenvalue weighted by atomic mass is 32.2. The van der Waals surface area contributed by atoms with Gasteiger partial charge < -0.3 is 0 Å². The molecule has 1 atom stereocenters. The van der Waals surface area contributed by atoms with Gasteiger partial charge in [0, 0.05) is 12.2 Å². The minimum Gasteiger partial charge on any atom is -0.296 e. The first kappa shape index (κ1) is 11.2. The van der Waals surface area contributed by atoms with Crippen LogP contribution in [0.3, 0.4) is 0 Å². The van der Waals surface area contributed by atoms with Crippen LogP contribution in [0.15, 0.2) is 0 Å². The molecule has 1 N–H and O–H groups in total. The highest BCUT2D eigenvalue weighted by molar-refractivity contribution is 7.91. The molecule has 0 bridgehead atoms. The molecule has 80 valence electrons. The molecule has 1 aliphatic rings. The zero-order valence-corrected chi connectivity index (χ0v) is 8.76. The fourth-order valence-corrected chi connectivity index (χ4v) is 3.11. The van der Waals surface area contributed by atoms with Crippen molar-refractivity contribution < 1.29 is 18.0 Å². The monoisotopic (exact) mass is 219 g/mol. The summed E-state index contributed by atoms with van der Waals surface area (Å²) in [5.74, 6) is -1.66. The Balaban J connectivity index is 2.61. The minimum absolute atomic E-state index is 0.00176. The lowest BCUT2D eigenvalue weighted by molar-refractivity contribution is -0.125. The molecule has 1 aliphatic heterocycles. The van der Waals surface area contributed by atoms with Crippen molar-refractivity contribution in [3.05, 3.63) is 0 Å². The molecule has 1 saturated heterocycles. The molecule has 0 saturated carbocycles. The lowest BCUT2D eigenvalue weighted by Gasteiger charge is -2.05. The zero-order valence-electron chi connectivity index (χ0n) is 7.95. The van der Waals surface area contributed by atoms with Crippen molar-refractivity contribution in [2.24, 2.45) is 5.92 Å². The summed E-state index contributed by atoms with van der Waals surface area (Å²) >= 11 is 0. The Hall–Kier alpha value is -0.910. The summed E-state index contributed by atoms with van der Waals surface area (Å²) in [5, 5.41) is 2.09. The number of amides is 2.